The van der Waals surface area contributed by atoms with Crippen molar-refractivity contribution in [3.63, 3.8) is 0 Å². The highest BCUT2D eigenvalue weighted by molar-refractivity contribution is 5.75. The van der Waals surface area contributed by atoms with Gasteiger partial charge in [-0.05, 0) is 32.4 Å². The summed E-state index contributed by atoms with van der Waals surface area (Å²) >= 11 is 0. The Morgan fingerprint density at radius 1 is 1.37 bits per heavy atom. The highest BCUT2D eigenvalue weighted by Gasteiger charge is 2.02. The number of non-ortho nitro benzene ring substituents is 1. The molecule has 1 aromatic carbocycles. The van der Waals surface area contributed by atoms with Gasteiger partial charge in [-0.2, -0.15) is 0 Å². The van der Waals surface area contributed by atoms with E-state index in [4.69, 9.17) is 9.84 Å². The summed E-state index contributed by atoms with van der Waals surface area (Å²) < 4.78 is 4.90. The molecule has 1 rings (SSSR count). The molecular formula is C13H19NO5. The fraction of sp³-hybridized carbons (Fsp3) is 0.462. The van der Waals surface area contributed by atoms with Crippen LogP contribution in [0.2, 0.25) is 0 Å². The Hall–Kier alpha value is -1.79. The summed E-state index contributed by atoms with van der Waals surface area (Å²) in [5.74, 6) is 0. The molecule has 0 aliphatic carbocycles. The van der Waals surface area contributed by atoms with Crippen molar-refractivity contribution in [1.29, 1.82) is 0 Å². The second kappa shape index (κ2) is 9.18. The van der Waals surface area contributed by atoms with Gasteiger partial charge in [-0.25, -0.2) is 0 Å². The minimum Gasteiger partial charge on any atom is -0.393 e. The van der Waals surface area contributed by atoms with Crippen molar-refractivity contribution in [2.24, 2.45) is 0 Å². The maximum absolute atomic E-state index is 10.1. The third-order valence-corrected chi connectivity index (χ3v) is 2.32. The number of carbonyl (C=O) groups is 1. The Bertz CT molecular complexity index is 389. The van der Waals surface area contributed by atoms with Crippen molar-refractivity contribution in [2.45, 2.75) is 32.5 Å². The van der Waals surface area contributed by atoms with Crippen molar-refractivity contribution in [2.75, 3.05) is 7.11 Å². The number of rotatable bonds is 5. The number of ether oxygens (including phenoxy) is 1. The highest BCUT2D eigenvalue weighted by Crippen LogP contribution is 2.10. The third kappa shape index (κ3) is 8.01. The minimum atomic E-state index is -0.505. The molecule has 2 unspecified atom stereocenters. The van der Waals surface area contributed by atoms with Gasteiger partial charge in [0.05, 0.1) is 17.1 Å². The fourth-order valence-corrected chi connectivity index (χ4v) is 1.25. The van der Waals surface area contributed by atoms with E-state index in [2.05, 4.69) is 0 Å². The fourth-order valence-electron chi connectivity index (χ4n) is 1.25. The summed E-state index contributed by atoms with van der Waals surface area (Å²) in [5, 5.41) is 18.9. The van der Waals surface area contributed by atoms with Crippen LogP contribution in [0.15, 0.2) is 24.3 Å². The van der Waals surface area contributed by atoms with Crippen molar-refractivity contribution >= 4 is 12.0 Å². The first-order chi connectivity index (χ1) is 8.90. The first-order valence-electron chi connectivity index (χ1n) is 5.81. The van der Waals surface area contributed by atoms with Crippen LogP contribution in [-0.2, 0) is 4.74 Å². The lowest BCUT2D eigenvalue weighted by Crippen LogP contribution is -2.13. The van der Waals surface area contributed by atoms with Crippen LogP contribution in [0.3, 0.4) is 0 Å². The van der Waals surface area contributed by atoms with Gasteiger partial charge in [-0.3, -0.25) is 14.9 Å². The number of aliphatic hydroxyl groups is 1. The number of aldehydes is 1. The molecule has 0 spiro atoms. The molecule has 0 aliphatic heterocycles. The Morgan fingerprint density at radius 2 is 1.89 bits per heavy atom. The van der Waals surface area contributed by atoms with Crippen LogP contribution < -0.4 is 0 Å². The van der Waals surface area contributed by atoms with Gasteiger partial charge in [-0.1, -0.05) is 0 Å². The van der Waals surface area contributed by atoms with Crippen LogP contribution in [-0.4, -0.2) is 35.6 Å². The number of methoxy groups -OCH3 is 1. The largest absolute Gasteiger partial charge is 0.393 e. The lowest BCUT2D eigenvalue weighted by Gasteiger charge is -2.09. The summed E-state index contributed by atoms with van der Waals surface area (Å²) in [4.78, 5) is 19.7. The van der Waals surface area contributed by atoms with Gasteiger partial charge in [-0.15, -0.1) is 0 Å². The summed E-state index contributed by atoms with van der Waals surface area (Å²) in [6.45, 7) is 3.70. The van der Waals surface area contributed by atoms with Gasteiger partial charge in [0.2, 0.25) is 0 Å². The van der Waals surface area contributed by atoms with Crippen molar-refractivity contribution in [3.05, 3.63) is 39.9 Å². The summed E-state index contributed by atoms with van der Waals surface area (Å²) in [7, 11) is 1.65. The molecule has 0 aliphatic rings. The van der Waals surface area contributed by atoms with E-state index in [9.17, 15) is 14.9 Å². The van der Waals surface area contributed by atoms with E-state index in [-0.39, 0.29) is 17.9 Å². The molecule has 0 bridgehead atoms. The number of hydrogen-bond acceptors (Lipinski definition) is 5. The highest BCUT2D eigenvalue weighted by atomic mass is 16.6. The molecule has 0 fully saturated rings. The Balaban J connectivity index is 0.000000362. The topological polar surface area (TPSA) is 89.7 Å². The van der Waals surface area contributed by atoms with Gasteiger partial charge in [0.1, 0.15) is 6.29 Å². The molecule has 0 aromatic heterocycles. The van der Waals surface area contributed by atoms with Gasteiger partial charge in [0.15, 0.2) is 0 Å². The lowest BCUT2D eigenvalue weighted by atomic mass is 10.2. The standard InChI is InChI=1S/C7H5NO3.C6H14O2/c9-5-6-1-3-7(4-2-6)8(10)11;1-5(7)4-6(2)8-3/h1-5H;5-7H,4H2,1-3H3. The SMILES string of the molecule is COC(C)CC(C)O.O=Cc1ccc([N+](=O)[O-])cc1. The molecule has 2 atom stereocenters. The average molecular weight is 269 g/mol. The molecule has 6 nitrogen and oxygen atoms in total. The van der Waals surface area contributed by atoms with E-state index in [1.54, 1.807) is 14.0 Å². The first-order valence-corrected chi connectivity index (χ1v) is 5.81. The van der Waals surface area contributed by atoms with Gasteiger partial charge in [0.25, 0.3) is 5.69 Å². The van der Waals surface area contributed by atoms with Gasteiger partial charge < -0.3 is 9.84 Å². The van der Waals surface area contributed by atoms with E-state index in [0.29, 0.717) is 11.8 Å². The second-order valence-corrected chi connectivity index (χ2v) is 4.10. The predicted molar refractivity (Wildman–Crippen MR) is 71.3 cm³/mol. The minimum absolute atomic E-state index is 0.00407. The summed E-state index contributed by atoms with van der Waals surface area (Å²) in [6, 6.07) is 5.41. The lowest BCUT2D eigenvalue weighted by molar-refractivity contribution is -0.384. The number of nitro groups is 1. The molecule has 0 saturated carbocycles. The monoisotopic (exact) mass is 269 g/mol. The van der Waals surface area contributed by atoms with Crippen LogP contribution in [0.25, 0.3) is 0 Å². The second-order valence-electron chi connectivity index (χ2n) is 4.10. The molecule has 0 radical (unpaired) electrons. The molecule has 1 N–H and O–H groups in total. The van der Waals surface area contributed by atoms with Crippen molar-refractivity contribution in [1.82, 2.24) is 0 Å². The third-order valence-electron chi connectivity index (χ3n) is 2.32. The zero-order chi connectivity index (χ0) is 14.8. The van der Waals surface area contributed by atoms with E-state index in [1.165, 1.54) is 24.3 Å². The average Bonchev–Trinajstić information content (AvgIpc) is 2.38. The maximum atomic E-state index is 10.1. The molecule has 19 heavy (non-hydrogen) atoms. The van der Waals surface area contributed by atoms with Crippen molar-refractivity contribution in [3.8, 4) is 0 Å². The number of aliphatic hydroxyl groups excluding tert-OH is 1. The molecule has 106 valence electrons. The molecule has 1 aromatic rings. The van der Waals surface area contributed by atoms with Crippen LogP contribution in [0, 0.1) is 10.1 Å². The normalized spacial score (nSPS) is 12.8. The van der Waals surface area contributed by atoms with Crippen LogP contribution >= 0.6 is 0 Å². The first kappa shape index (κ1) is 17.2. The zero-order valence-corrected chi connectivity index (χ0v) is 11.3. The molecular weight excluding hydrogens is 250 g/mol. The molecule has 0 saturated heterocycles. The Kier molecular flexibility index (Phi) is 8.32. The smallest absolute Gasteiger partial charge is 0.269 e. The van der Waals surface area contributed by atoms with E-state index in [0.717, 1.165) is 6.42 Å². The quantitative estimate of drug-likeness (QED) is 0.502. The number of hydrogen-bond donors (Lipinski definition) is 1. The van der Waals surface area contributed by atoms with Crippen LogP contribution in [0.4, 0.5) is 5.69 Å². The van der Waals surface area contributed by atoms with E-state index in [1.807, 2.05) is 6.92 Å². The van der Waals surface area contributed by atoms with Crippen LogP contribution in [0.1, 0.15) is 30.6 Å². The summed E-state index contributed by atoms with van der Waals surface area (Å²) in [5.41, 5.74) is 0.436. The molecule has 0 amide bonds. The van der Waals surface area contributed by atoms with Gasteiger partial charge in [0, 0.05) is 24.8 Å². The predicted octanol–water partition coefficient (Wildman–Crippen LogP) is 2.20. The summed E-state index contributed by atoms with van der Waals surface area (Å²) in [6.07, 6.45) is 1.29. The van der Waals surface area contributed by atoms with E-state index >= 15 is 0 Å². The van der Waals surface area contributed by atoms with Crippen LogP contribution in [0.5, 0.6) is 0 Å². The number of benzene rings is 1. The molecule has 0 heterocycles. The Morgan fingerprint density at radius 3 is 2.16 bits per heavy atom. The number of nitrogens with zero attached hydrogens (tertiary/aromatic N) is 1. The van der Waals surface area contributed by atoms with Gasteiger partial charge >= 0.3 is 0 Å². The number of carbonyl (C=O) groups excluding carboxylic acids is 1. The maximum Gasteiger partial charge on any atom is 0.269 e. The van der Waals surface area contributed by atoms with Crippen molar-refractivity contribution < 1.29 is 19.6 Å². The zero-order valence-electron chi connectivity index (χ0n) is 11.3. The number of nitro benzene ring substituents is 1. The molecule has 6 heteroatoms. The Labute approximate surface area is 112 Å². The van der Waals surface area contributed by atoms with E-state index < -0.39 is 4.92 Å².